The second-order valence-corrected chi connectivity index (χ2v) is 11.1. The maximum absolute atomic E-state index is 15.0. The van der Waals surface area contributed by atoms with Gasteiger partial charge in [-0.3, -0.25) is 14.6 Å². The highest BCUT2D eigenvalue weighted by molar-refractivity contribution is 7.92. The zero-order valence-corrected chi connectivity index (χ0v) is 23.5. The third kappa shape index (κ3) is 6.79. The molecule has 0 amide bonds. The van der Waals surface area contributed by atoms with Crippen LogP contribution in [0.5, 0.6) is 23.0 Å². The number of morpholine rings is 1. The van der Waals surface area contributed by atoms with Gasteiger partial charge in [0.15, 0.2) is 23.1 Å². The van der Waals surface area contributed by atoms with Gasteiger partial charge in [0, 0.05) is 48.4 Å². The van der Waals surface area contributed by atoms with Gasteiger partial charge in [-0.15, -0.1) is 0 Å². The van der Waals surface area contributed by atoms with Gasteiger partial charge in [-0.05, 0) is 42.5 Å². The average Bonchev–Trinajstić information content (AvgIpc) is 2.94. The summed E-state index contributed by atoms with van der Waals surface area (Å²) in [5.74, 6) is -0.778. The molecular formula is C28H26ClF2N3O6S. The Balaban J connectivity index is 1.33. The fourth-order valence-corrected chi connectivity index (χ4v) is 5.54. The lowest BCUT2D eigenvalue weighted by atomic mass is 10.1. The quantitative estimate of drug-likeness (QED) is 0.254. The number of anilines is 1. The number of sulfonamides is 1. The maximum Gasteiger partial charge on any atom is 0.264 e. The van der Waals surface area contributed by atoms with Crippen LogP contribution < -0.4 is 18.9 Å². The molecule has 1 N–H and O–H groups in total. The molecule has 216 valence electrons. The van der Waals surface area contributed by atoms with Crippen molar-refractivity contribution in [3.63, 3.8) is 0 Å². The monoisotopic (exact) mass is 605 g/mol. The fourth-order valence-electron chi connectivity index (χ4n) is 4.27. The molecule has 1 aromatic heterocycles. The molecule has 4 aromatic rings. The lowest BCUT2D eigenvalue weighted by Crippen LogP contribution is -2.38. The normalized spacial score (nSPS) is 14.1. The van der Waals surface area contributed by atoms with Crippen LogP contribution in [0.3, 0.4) is 0 Å². The van der Waals surface area contributed by atoms with Gasteiger partial charge in [-0.25, -0.2) is 17.2 Å². The number of halogens is 3. The molecule has 5 rings (SSSR count). The van der Waals surface area contributed by atoms with Crippen molar-refractivity contribution in [1.29, 1.82) is 0 Å². The van der Waals surface area contributed by atoms with E-state index in [1.807, 2.05) is 0 Å². The zero-order chi connectivity index (χ0) is 29.0. The van der Waals surface area contributed by atoms with Crippen molar-refractivity contribution in [3.8, 4) is 23.0 Å². The van der Waals surface area contributed by atoms with E-state index in [-0.39, 0.29) is 16.5 Å². The standard InChI is InChI=1S/C28H26ClF2N3O6S/c1-37-26-16-20-23(17-27(26)39-13-10-34-8-11-38-12-9-34)32-7-6-24(20)40-25-4-3-19(15-21(25)30)33-41(35,36)28-5-2-18(29)14-22(28)31/h2-7,14-17,33H,8-13H2,1H3. The molecule has 0 aliphatic carbocycles. The summed E-state index contributed by atoms with van der Waals surface area (Å²) in [6.07, 6.45) is 1.52. The Morgan fingerprint density at radius 3 is 2.51 bits per heavy atom. The number of ether oxygens (including phenoxy) is 4. The second-order valence-electron chi connectivity index (χ2n) is 9.06. The first-order valence-electron chi connectivity index (χ1n) is 12.6. The highest BCUT2D eigenvalue weighted by Crippen LogP contribution is 2.38. The summed E-state index contributed by atoms with van der Waals surface area (Å²) in [5.41, 5.74) is 0.420. The Hall–Kier alpha value is -3.71. The molecule has 0 atom stereocenters. The summed E-state index contributed by atoms with van der Waals surface area (Å²) in [6.45, 7) is 4.30. The van der Waals surface area contributed by atoms with Crippen molar-refractivity contribution in [2.45, 2.75) is 4.90 Å². The Bertz CT molecular complexity index is 1670. The van der Waals surface area contributed by atoms with E-state index in [0.717, 1.165) is 37.8 Å². The van der Waals surface area contributed by atoms with Gasteiger partial charge in [0.1, 0.15) is 23.1 Å². The van der Waals surface area contributed by atoms with E-state index in [1.54, 1.807) is 18.2 Å². The summed E-state index contributed by atoms with van der Waals surface area (Å²) in [6, 6.07) is 11.6. The molecule has 0 radical (unpaired) electrons. The topological polar surface area (TPSA) is 99.2 Å². The second kappa shape index (κ2) is 12.4. The summed E-state index contributed by atoms with van der Waals surface area (Å²) >= 11 is 5.70. The lowest BCUT2D eigenvalue weighted by molar-refractivity contribution is 0.0321. The molecule has 13 heteroatoms. The largest absolute Gasteiger partial charge is 0.493 e. The Morgan fingerprint density at radius 2 is 1.78 bits per heavy atom. The molecular weight excluding hydrogens is 580 g/mol. The van der Waals surface area contributed by atoms with Gasteiger partial charge in [-0.1, -0.05) is 11.6 Å². The molecule has 0 saturated carbocycles. The smallest absolute Gasteiger partial charge is 0.264 e. The number of rotatable bonds is 10. The van der Waals surface area contributed by atoms with Crippen LogP contribution in [0.4, 0.5) is 14.5 Å². The van der Waals surface area contributed by atoms with Gasteiger partial charge >= 0.3 is 0 Å². The molecule has 0 bridgehead atoms. The average molecular weight is 606 g/mol. The van der Waals surface area contributed by atoms with Crippen molar-refractivity contribution in [2.75, 3.05) is 51.3 Å². The van der Waals surface area contributed by atoms with E-state index in [9.17, 15) is 12.8 Å². The van der Waals surface area contributed by atoms with Crippen molar-refractivity contribution >= 4 is 38.2 Å². The molecule has 1 fully saturated rings. The number of aromatic nitrogens is 1. The highest BCUT2D eigenvalue weighted by Gasteiger charge is 2.21. The number of hydrogen-bond donors (Lipinski definition) is 1. The number of fused-ring (bicyclic) bond motifs is 1. The van der Waals surface area contributed by atoms with E-state index >= 15 is 4.39 Å². The van der Waals surface area contributed by atoms with Crippen molar-refractivity contribution in [2.24, 2.45) is 0 Å². The number of pyridine rings is 1. The van der Waals surface area contributed by atoms with Crippen LogP contribution in [0.1, 0.15) is 0 Å². The molecule has 2 heterocycles. The molecule has 0 unspecified atom stereocenters. The van der Waals surface area contributed by atoms with Gasteiger partial charge in [0.05, 0.1) is 31.5 Å². The molecule has 0 spiro atoms. The Morgan fingerprint density at radius 1 is 0.976 bits per heavy atom. The summed E-state index contributed by atoms with van der Waals surface area (Å²) in [7, 11) is -2.82. The Labute approximate surface area is 240 Å². The predicted octanol–water partition coefficient (Wildman–Crippen LogP) is 5.48. The maximum atomic E-state index is 15.0. The van der Waals surface area contributed by atoms with Crippen LogP contribution in [-0.4, -0.2) is 64.9 Å². The lowest BCUT2D eigenvalue weighted by Gasteiger charge is -2.26. The van der Waals surface area contributed by atoms with E-state index in [2.05, 4.69) is 14.6 Å². The molecule has 1 aliphatic rings. The SMILES string of the molecule is COc1cc2c(Oc3ccc(NS(=O)(=O)c4ccc(Cl)cc4F)cc3F)ccnc2cc1OCCN1CCOCC1. The first-order chi connectivity index (χ1) is 19.7. The summed E-state index contributed by atoms with van der Waals surface area (Å²) in [4.78, 5) is 6.01. The molecule has 9 nitrogen and oxygen atoms in total. The summed E-state index contributed by atoms with van der Waals surface area (Å²) in [5, 5.41) is 0.593. The molecule has 3 aromatic carbocycles. The van der Waals surface area contributed by atoms with Gasteiger partial charge < -0.3 is 18.9 Å². The van der Waals surface area contributed by atoms with Gasteiger partial charge in [-0.2, -0.15) is 0 Å². The third-order valence-electron chi connectivity index (χ3n) is 6.34. The first kappa shape index (κ1) is 28.8. The predicted molar refractivity (Wildman–Crippen MR) is 150 cm³/mol. The number of hydrogen-bond acceptors (Lipinski definition) is 8. The van der Waals surface area contributed by atoms with E-state index in [4.69, 9.17) is 30.5 Å². The Kier molecular flexibility index (Phi) is 8.74. The number of benzene rings is 3. The van der Waals surface area contributed by atoms with Crippen LogP contribution in [0, 0.1) is 11.6 Å². The van der Waals surface area contributed by atoms with Crippen LogP contribution in [0.15, 0.2) is 65.7 Å². The van der Waals surface area contributed by atoms with E-state index in [1.165, 1.54) is 31.5 Å². The minimum absolute atomic E-state index is 0.0442. The molecule has 1 aliphatic heterocycles. The van der Waals surface area contributed by atoms with Crippen LogP contribution in [0.25, 0.3) is 10.9 Å². The van der Waals surface area contributed by atoms with Crippen molar-refractivity contribution in [1.82, 2.24) is 9.88 Å². The highest BCUT2D eigenvalue weighted by atomic mass is 35.5. The molecule has 41 heavy (non-hydrogen) atoms. The van der Waals surface area contributed by atoms with Crippen molar-refractivity contribution < 1.29 is 36.1 Å². The van der Waals surface area contributed by atoms with E-state index in [0.29, 0.717) is 48.0 Å². The van der Waals surface area contributed by atoms with Crippen LogP contribution in [-0.2, 0) is 14.8 Å². The number of methoxy groups -OCH3 is 1. The minimum atomic E-state index is -4.34. The molecule has 1 saturated heterocycles. The minimum Gasteiger partial charge on any atom is -0.493 e. The van der Waals surface area contributed by atoms with Gasteiger partial charge in [0.2, 0.25) is 0 Å². The third-order valence-corrected chi connectivity index (χ3v) is 7.99. The number of nitrogens with one attached hydrogen (secondary N) is 1. The van der Waals surface area contributed by atoms with Crippen LogP contribution >= 0.6 is 11.6 Å². The van der Waals surface area contributed by atoms with Gasteiger partial charge in [0.25, 0.3) is 10.0 Å². The van der Waals surface area contributed by atoms with Crippen LogP contribution in [0.2, 0.25) is 5.02 Å². The first-order valence-corrected chi connectivity index (χ1v) is 14.4. The fraction of sp³-hybridized carbons (Fsp3) is 0.250. The van der Waals surface area contributed by atoms with Crippen molar-refractivity contribution in [3.05, 3.63) is 77.5 Å². The number of nitrogens with zero attached hydrogens (tertiary/aromatic N) is 2. The summed E-state index contributed by atoms with van der Waals surface area (Å²) < 4.78 is 79.3. The zero-order valence-electron chi connectivity index (χ0n) is 21.9. The van der Waals surface area contributed by atoms with E-state index < -0.39 is 26.6 Å².